The van der Waals surface area contributed by atoms with Crippen molar-refractivity contribution in [2.75, 3.05) is 38.5 Å². The number of amides is 2. The highest BCUT2D eigenvalue weighted by molar-refractivity contribution is 5.96. The van der Waals surface area contributed by atoms with Gasteiger partial charge in [-0.3, -0.25) is 14.4 Å². The van der Waals surface area contributed by atoms with Crippen LogP contribution in [0.25, 0.3) is 0 Å². The van der Waals surface area contributed by atoms with Crippen LogP contribution in [0, 0.1) is 11.8 Å². The smallest absolute Gasteiger partial charge is 0.305 e. The average molecular weight is 499 g/mol. The molecule has 1 aliphatic carbocycles. The van der Waals surface area contributed by atoms with Crippen molar-refractivity contribution in [3.05, 3.63) is 29.3 Å². The summed E-state index contributed by atoms with van der Waals surface area (Å²) in [7, 11) is 1.84. The molecule has 2 amide bonds. The summed E-state index contributed by atoms with van der Waals surface area (Å²) in [6.45, 7) is 3.88. The molecule has 8 nitrogen and oxygen atoms in total. The molecule has 1 saturated carbocycles. The number of fused-ring (bicyclic) bond motifs is 1. The van der Waals surface area contributed by atoms with Crippen molar-refractivity contribution in [1.29, 1.82) is 0 Å². The van der Waals surface area contributed by atoms with Crippen LogP contribution in [-0.4, -0.2) is 72.0 Å². The first-order chi connectivity index (χ1) is 17.4. The molecule has 2 fully saturated rings. The van der Waals surface area contributed by atoms with Crippen LogP contribution >= 0.6 is 0 Å². The van der Waals surface area contributed by atoms with Crippen LogP contribution in [-0.2, 0) is 16.1 Å². The Morgan fingerprint density at radius 3 is 2.50 bits per heavy atom. The fourth-order valence-electron chi connectivity index (χ4n) is 5.92. The molecule has 0 radical (unpaired) electrons. The fourth-order valence-corrected chi connectivity index (χ4v) is 5.92. The number of aliphatic carboxylic acids is 1. The minimum absolute atomic E-state index is 0.0481. The molecule has 4 rings (SSSR count). The standard InChI is InChI=1S/C28H42N4O4/c1-31(15-11-21-9-13-29-14-10-21)27(35)22-7-8-23-19-32(16-12-20-5-3-2-4-6-20)28(36)25(18-26(33)34)30-24(23)17-22/h7-8,17,20-21,25,29-30H,2-6,9-16,18-19H2,1H3,(H,33,34). The predicted molar refractivity (Wildman–Crippen MR) is 140 cm³/mol. The lowest BCUT2D eigenvalue weighted by Crippen LogP contribution is -2.42. The van der Waals surface area contributed by atoms with Crippen molar-refractivity contribution in [2.45, 2.75) is 76.8 Å². The molecule has 0 spiro atoms. The number of carbonyl (C=O) groups is 3. The molecular weight excluding hydrogens is 456 g/mol. The third-order valence-electron chi connectivity index (χ3n) is 8.25. The maximum absolute atomic E-state index is 13.3. The highest BCUT2D eigenvalue weighted by Crippen LogP contribution is 2.29. The summed E-state index contributed by atoms with van der Waals surface area (Å²) in [5, 5.41) is 16.0. The molecular formula is C28H42N4O4. The van der Waals surface area contributed by atoms with Gasteiger partial charge in [-0.05, 0) is 68.3 Å². The monoisotopic (exact) mass is 498 g/mol. The van der Waals surface area contributed by atoms with Gasteiger partial charge in [0, 0.05) is 37.9 Å². The Morgan fingerprint density at radius 2 is 1.78 bits per heavy atom. The number of anilines is 1. The fraction of sp³-hybridized carbons (Fsp3) is 0.679. The first kappa shape index (κ1) is 26.5. The number of benzene rings is 1. The van der Waals surface area contributed by atoms with Gasteiger partial charge in [-0.15, -0.1) is 0 Å². The molecule has 1 atom stereocenters. The van der Waals surface area contributed by atoms with Crippen LogP contribution in [0.3, 0.4) is 0 Å². The summed E-state index contributed by atoms with van der Waals surface area (Å²) < 4.78 is 0. The van der Waals surface area contributed by atoms with E-state index in [1.165, 1.54) is 32.1 Å². The van der Waals surface area contributed by atoms with Crippen molar-refractivity contribution in [2.24, 2.45) is 11.8 Å². The summed E-state index contributed by atoms with van der Waals surface area (Å²) in [5.41, 5.74) is 2.17. The van der Waals surface area contributed by atoms with Gasteiger partial charge in [-0.2, -0.15) is 0 Å². The van der Waals surface area contributed by atoms with E-state index in [2.05, 4.69) is 10.6 Å². The van der Waals surface area contributed by atoms with Gasteiger partial charge in [-0.25, -0.2) is 0 Å². The second kappa shape index (κ2) is 12.6. The van der Waals surface area contributed by atoms with Gasteiger partial charge in [0.1, 0.15) is 6.04 Å². The molecule has 1 aromatic rings. The van der Waals surface area contributed by atoms with E-state index >= 15 is 0 Å². The second-order valence-electron chi connectivity index (χ2n) is 10.9. The lowest BCUT2D eigenvalue weighted by atomic mass is 9.87. The maximum Gasteiger partial charge on any atom is 0.305 e. The number of carboxylic acid groups (broad SMARTS) is 1. The van der Waals surface area contributed by atoms with Gasteiger partial charge < -0.3 is 25.5 Å². The van der Waals surface area contributed by atoms with Gasteiger partial charge >= 0.3 is 5.97 Å². The number of hydrogen-bond acceptors (Lipinski definition) is 5. The topological polar surface area (TPSA) is 102 Å². The Morgan fingerprint density at radius 1 is 1.06 bits per heavy atom. The summed E-state index contributed by atoms with van der Waals surface area (Å²) in [5.74, 6) is 0.0592. The second-order valence-corrected chi connectivity index (χ2v) is 10.9. The number of carboxylic acids is 1. The van der Waals surface area contributed by atoms with E-state index in [-0.39, 0.29) is 18.2 Å². The summed E-state index contributed by atoms with van der Waals surface area (Å²) in [4.78, 5) is 41.6. The number of nitrogens with one attached hydrogen (secondary N) is 2. The van der Waals surface area contributed by atoms with Gasteiger partial charge in [0.2, 0.25) is 5.91 Å². The zero-order valence-electron chi connectivity index (χ0n) is 21.6. The van der Waals surface area contributed by atoms with E-state index in [1.807, 2.05) is 24.1 Å². The van der Waals surface area contributed by atoms with Crippen molar-refractivity contribution in [3.8, 4) is 0 Å². The van der Waals surface area contributed by atoms with Crippen LogP contribution in [0.4, 0.5) is 5.69 Å². The number of rotatable bonds is 9. The molecule has 36 heavy (non-hydrogen) atoms. The van der Waals surface area contributed by atoms with Crippen LogP contribution in [0.1, 0.15) is 80.1 Å². The average Bonchev–Trinajstić information content (AvgIpc) is 3.02. The van der Waals surface area contributed by atoms with Crippen LogP contribution in [0.15, 0.2) is 18.2 Å². The number of piperidine rings is 1. The quantitative estimate of drug-likeness (QED) is 0.480. The van der Waals surface area contributed by atoms with Gasteiger partial charge in [0.25, 0.3) is 5.91 Å². The van der Waals surface area contributed by atoms with E-state index in [4.69, 9.17) is 0 Å². The van der Waals surface area contributed by atoms with Crippen LogP contribution in [0.2, 0.25) is 0 Å². The SMILES string of the molecule is CN(CCC1CCNCC1)C(=O)c1ccc2c(c1)NC(CC(=O)O)C(=O)N(CCC1CCCCC1)C2. The minimum Gasteiger partial charge on any atom is -0.481 e. The molecule has 2 heterocycles. The van der Waals surface area contributed by atoms with Crippen molar-refractivity contribution in [1.82, 2.24) is 15.1 Å². The maximum atomic E-state index is 13.3. The molecule has 1 aromatic carbocycles. The molecule has 1 saturated heterocycles. The summed E-state index contributed by atoms with van der Waals surface area (Å²) >= 11 is 0. The van der Waals surface area contributed by atoms with E-state index in [0.29, 0.717) is 42.7 Å². The van der Waals surface area contributed by atoms with Crippen LogP contribution < -0.4 is 10.6 Å². The minimum atomic E-state index is -1.01. The van der Waals surface area contributed by atoms with Crippen molar-refractivity contribution >= 4 is 23.5 Å². The van der Waals surface area contributed by atoms with E-state index in [9.17, 15) is 19.5 Å². The number of carbonyl (C=O) groups excluding carboxylic acids is 2. The molecule has 0 aromatic heterocycles. The third kappa shape index (κ3) is 6.99. The molecule has 2 aliphatic heterocycles. The highest BCUT2D eigenvalue weighted by atomic mass is 16.4. The number of nitrogens with zero attached hydrogens (tertiary/aromatic N) is 2. The predicted octanol–water partition coefficient (Wildman–Crippen LogP) is 3.72. The Bertz CT molecular complexity index is 924. The zero-order valence-corrected chi connectivity index (χ0v) is 21.6. The lowest BCUT2D eigenvalue weighted by molar-refractivity contribution is -0.141. The Hall–Kier alpha value is -2.61. The Balaban J connectivity index is 1.45. The van der Waals surface area contributed by atoms with E-state index < -0.39 is 12.0 Å². The molecule has 3 N–H and O–H groups in total. The highest BCUT2D eigenvalue weighted by Gasteiger charge is 2.32. The molecule has 8 heteroatoms. The molecule has 0 bridgehead atoms. The van der Waals surface area contributed by atoms with Crippen molar-refractivity contribution in [3.63, 3.8) is 0 Å². The van der Waals surface area contributed by atoms with E-state index in [0.717, 1.165) is 44.3 Å². The largest absolute Gasteiger partial charge is 0.481 e. The van der Waals surface area contributed by atoms with Gasteiger partial charge in [0.05, 0.1) is 6.42 Å². The van der Waals surface area contributed by atoms with Gasteiger partial charge in [-0.1, -0.05) is 38.2 Å². The molecule has 3 aliphatic rings. The lowest BCUT2D eigenvalue weighted by Gasteiger charge is -2.27. The Labute approximate surface area is 214 Å². The van der Waals surface area contributed by atoms with Crippen molar-refractivity contribution < 1.29 is 19.5 Å². The first-order valence-corrected chi connectivity index (χ1v) is 13.8. The molecule has 198 valence electrons. The third-order valence-corrected chi connectivity index (χ3v) is 8.25. The summed E-state index contributed by atoms with van der Waals surface area (Å²) in [6, 6.07) is 4.72. The Kier molecular flexibility index (Phi) is 9.24. The first-order valence-electron chi connectivity index (χ1n) is 13.8. The molecule has 1 unspecified atom stereocenters. The van der Waals surface area contributed by atoms with Gasteiger partial charge in [0.15, 0.2) is 0 Å². The van der Waals surface area contributed by atoms with E-state index in [1.54, 1.807) is 11.0 Å². The zero-order chi connectivity index (χ0) is 25.5. The summed E-state index contributed by atoms with van der Waals surface area (Å²) in [6.07, 6.45) is 10.2. The number of hydrogen-bond donors (Lipinski definition) is 3. The normalized spacial score (nSPS) is 21.4. The van der Waals surface area contributed by atoms with Crippen LogP contribution in [0.5, 0.6) is 0 Å².